The summed E-state index contributed by atoms with van der Waals surface area (Å²) in [5.74, 6) is 0.0376. The van der Waals surface area contributed by atoms with Gasteiger partial charge >= 0.3 is 0 Å². The molecule has 1 unspecified atom stereocenters. The van der Waals surface area contributed by atoms with Crippen molar-refractivity contribution >= 4 is 27.0 Å². The summed E-state index contributed by atoms with van der Waals surface area (Å²) in [6.07, 6.45) is 2.32. The van der Waals surface area contributed by atoms with Crippen molar-refractivity contribution in [2.24, 2.45) is 0 Å². The predicted molar refractivity (Wildman–Crippen MR) is 64.5 cm³/mol. The van der Waals surface area contributed by atoms with Crippen molar-refractivity contribution in [3.8, 4) is 0 Å². The highest BCUT2D eigenvalue weighted by molar-refractivity contribution is 7.92. The molecule has 1 aliphatic heterocycles. The number of hydrogen-bond acceptors (Lipinski definition) is 4. The fourth-order valence-corrected chi connectivity index (χ4v) is 4.63. The Bertz CT molecular complexity index is 459. The van der Waals surface area contributed by atoms with E-state index in [2.05, 4.69) is 0 Å². The van der Waals surface area contributed by atoms with E-state index >= 15 is 0 Å². The molecule has 3 nitrogen and oxygen atoms in total. The zero-order valence-electron chi connectivity index (χ0n) is 8.89. The van der Waals surface area contributed by atoms with Gasteiger partial charge in [0.1, 0.15) is 5.25 Å². The zero-order chi connectivity index (χ0) is 11.6. The minimum atomic E-state index is -3.17. The molecule has 16 heavy (non-hydrogen) atoms. The Hall–Kier alpha value is -0.680. The van der Waals surface area contributed by atoms with Crippen molar-refractivity contribution < 1.29 is 13.2 Å². The summed E-state index contributed by atoms with van der Waals surface area (Å²) < 4.78 is 23.5. The number of rotatable bonds is 3. The van der Waals surface area contributed by atoms with E-state index in [1.54, 1.807) is 0 Å². The highest BCUT2D eigenvalue weighted by Crippen LogP contribution is 2.22. The van der Waals surface area contributed by atoms with Crippen LogP contribution in [0.25, 0.3) is 0 Å². The van der Waals surface area contributed by atoms with E-state index in [0.29, 0.717) is 12.8 Å². The van der Waals surface area contributed by atoms with Crippen LogP contribution in [-0.4, -0.2) is 25.2 Å². The van der Waals surface area contributed by atoms with Crippen molar-refractivity contribution in [1.82, 2.24) is 0 Å². The van der Waals surface area contributed by atoms with E-state index in [4.69, 9.17) is 0 Å². The van der Waals surface area contributed by atoms with Gasteiger partial charge in [0.25, 0.3) is 0 Å². The van der Waals surface area contributed by atoms with E-state index < -0.39 is 15.1 Å². The Labute approximate surface area is 99.4 Å². The first-order chi connectivity index (χ1) is 7.59. The van der Waals surface area contributed by atoms with Crippen LogP contribution >= 0.6 is 11.3 Å². The molecule has 1 aromatic heterocycles. The summed E-state index contributed by atoms with van der Waals surface area (Å²) >= 11 is 1.50. The molecular weight excluding hydrogens is 244 g/mol. The van der Waals surface area contributed by atoms with Crippen LogP contribution in [0.1, 0.15) is 24.1 Å². The smallest absolute Gasteiger partial charge is 0.160 e. The summed E-state index contributed by atoms with van der Waals surface area (Å²) in [4.78, 5) is 12.9. The molecule has 0 aromatic carbocycles. The first-order valence-corrected chi connectivity index (χ1v) is 7.96. The Morgan fingerprint density at radius 3 is 2.88 bits per heavy atom. The standard InChI is InChI=1S/C11H14O3S2/c12-10(8-9-4-3-6-15-9)11-5-1-2-7-16(11,13)14/h3-4,6,11H,1-2,5,7-8H2. The van der Waals surface area contributed by atoms with E-state index in [9.17, 15) is 13.2 Å². The number of sulfone groups is 1. The molecule has 0 aliphatic carbocycles. The van der Waals surface area contributed by atoms with Crippen molar-refractivity contribution in [2.75, 3.05) is 5.75 Å². The maximum absolute atomic E-state index is 11.9. The maximum Gasteiger partial charge on any atom is 0.160 e. The van der Waals surface area contributed by atoms with Crippen molar-refractivity contribution in [1.29, 1.82) is 0 Å². The number of Topliss-reactive ketones (excluding diaryl/α,β-unsaturated/α-hetero) is 1. The largest absolute Gasteiger partial charge is 0.298 e. The Morgan fingerprint density at radius 2 is 2.25 bits per heavy atom. The minimum Gasteiger partial charge on any atom is -0.298 e. The van der Waals surface area contributed by atoms with E-state index in [0.717, 1.165) is 11.3 Å². The van der Waals surface area contributed by atoms with Crippen LogP contribution in [0.5, 0.6) is 0 Å². The van der Waals surface area contributed by atoms with Gasteiger partial charge in [-0.1, -0.05) is 12.5 Å². The van der Waals surface area contributed by atoms with Crippen molar-refractivity contribution in [3.05, 3.63) is 22.4 Å². The minimum absolute atomic E-state index is 0.137. The van der Waals surface area contributed by atoms with Gasteiger partial charge in [-0.15, -0.1) is 11.3 Å². The van der Waals surface area contributed by atoms with Crippen LogP contribution in [-0.2, 0) is 21.1 Å². The second-order valence-electron chi connectivity index (χ2n) is 4.07. The average Bonchev–Trinajstić information content (AvgIpc) is 2.69. The second kappa shape index (κ2) is 4.67. The maximum atomic E-state index is 11.9. The number of ketones is 1. The molecule has 1 aromatic rings. The molecule has 0 spiro atoms. The summed E-state index contributed by atoms with van der Waals surface area (Å²) in [6, 6.07) is 3.75. The molecule has 1 atom stereocenters. The number of hydrogen-bond donors (Lipinski definition) is 0. The quantitative estimate of drug-likeness (QED) is 0.831. The van der Waals surface area contributed by atoms with Gasteiger partial charge in [-0.25, -0.2) is 8.42 Å². The van der Waals surface area contributed by atoms with Gasteiger partial charge in [0.05, 0.1) is 5.75 Å². The fraction of sp³-hybridized carbons (Fsp3) is 0.545. The van der Waals surface area contributed by atoms with Crippen molar-refractivity contribution in [2.45, 2.75) is 30.9 Å². The molecule has 2 heterocycles. The molecule has 0 bridgehead atoms. The van der Waals surface area contributed by atoms with Crippen LogP contribution in [0.4, 0.5) is 0 Å². The SMILES string of the molecule is O=C(Cc1cccs1)C1CCCCS1(=O)=O. The van der Waals surface area contributed by atoms with E-state index in [-0.39, 0.29) is 18.0 Å². The molecule has 0 radical (unpaired) electrons. The summed E-state index contributed by atoms with van der Waals surface area (Å²) in [5, 5.41) is 1.15. The first-order valence-electron chi connectivity index (χ1n) is 5.36. The molecule has 0 N–H and O–H groups in total. The molecule has 2 rings (SSSR count). The first kappa shape index (κ1) is 11.8. The number of carbonyl (C=O) groups is 1. The lowest BCUT2D eigenvalue weighted by atomic mass is 10.1. The normalized spacial score (nSPS) is 24.1. The lowest BCUT2D eigenvalue weighted by molar-refractivity contribution is -0.118. The topological polar surface area (TPSA) is 51.2 Å². The van der Waals surface area contributed by atoms with E-state index in [1.807, 2.05) is 17.5 Å². The van der Waals surface area contributed by atoms with Crippen LogP contribution in [0.2, 0.25) is 0 Å². The summed E-state index contributed by atoms with van der Waals surface area (Å²) in [7, 11) is -3.17. The van der Waals surface area contributed by atoms with Gasteiger partial charge in [-0.2, -0.15) is 0 Å². The monoisotopic (exact) mass is 258 g/mol. The third-order valence-electron chi connectivity index (χ3n) is 2.87. The summed E-state index contributed by atoms with van der Waals surface area (Å²) in [6.45, 7) is 0. The zero-order valence-corrected chi connectivity index (χ0v) is 10.5. The highest BCUT2D eigenvalue weighted by atomic mass is 32.2. The van der Waals surface area contributed by atoms with Gasteiger partial charge in [0.15, 0.2) is 15.6 Å². The Kier molecular flexibility index (Phi) is 3.44. The number of carbonyl (C=O) groups excluding carboxylic acids is 1. The fourth-order valence-electron chi connectivity index (χ4n) is 2.01. The van der Waals surface area contributed by atoms with Gasteiger partial charge < -0.3 is 0 Å². The Balaban J connectivity index is 2.09. The molecule has 1 fully saturated rings. The molecule has 1 aliphatic rings. The van der Waals surface area contributed by atoms with Gasteiger partial charge in [0, 0.05) is 11.3 Å². The van der Waals surface area contributed by atoms with Crippen LogP contribution < -0.4 is 0 Å². The Morgan fingerprint density at radius 1 is 1.44 bits per heavy atom. The molecular formula is C11H14O3S2. The number of thiophene rings is 1. The van der Waals surface area contributed by atoms with E-state index in [1.165, 1.54) is 11.3 Å². The molecule has 5 heteroatoms. The van der Waals surface area contributed by atoms with Gasteiger partial charge in [0.2, 0.25) is 0 Å². The van der Waals surface area contributed by atoms with Gasteiger partial charge in [-0.3, -0.25) is 4.79 Å². The van der Waals surface area contributed by atoms with Crippen LogP contribution in [0, 0.1) is 0 Å². The molecule has 88 valence electrons. The summed E-state index contributed by atoms with van der Waals surface area (Å²) in [5.41, 5.74) is 0. The van der Waals surface area contributed by atoms with Crippen LogP contribution in [0.3, 0.4) is 0 Å². The molecule has 0 amide bonds. The predicted octanol–water partition coefficient (Wildman–Crippen LogP) is 1.83. The molecule has 1 saturated heterocycles. The third-order valence-corrected chi connectivity index (χ3v) is 5.97. The van der Waals surface area contributed by atoms with Crippen molar-refractivity contribution in [3.63, 3.8) is 0 Å². The average molecular weight is 258 g/mol. The highest BCUT2D eigenvalue weighted by Gasteiger charge is 2.34. The lowest BCUT2D eigenvalue weighted by Gasteiger charge is -2.20. The van der Waals surface area contributed by atoms with Crippen LogP contribution in [0.15, 0.2) is 17.5 Å². The molecule has 0 saturated carbocycles. The van der Waals surface area contributed by atoms with Gasteiger partial charge in [-0.05, 0) is 24.3 Å². The third kappa shape index (κ3) is 2.52. The lowest BCUT2D eigenvalue weighted by Crippen LogP contribution is -2.36. The second-order valence-corrected chi connectivity index (χ2v) is 7.41.